The molecular formula is C22H25N3O4. The minimum atomic E-state index is -0.364. The lowest BCUT2D eigenvalue weighted by molar-refractivity contribution is 0.324. The third-order valence-corrected chi connectivity index (χ3v) is 4.61. The summed E-state index contributed by atoms with van der Waals surface area (Å²) in [5.41, 5.74) is 5.48. The predicted molar refractivity (Wildman–Crippen MR) is 112 cm³/mol. The van der Waals surface area contributed by atoms with Crippen molar-refractivity contribution in [3.8, 4) is 28.5 Å². The summed E-state index contributed by atoms with van der Waals surface area (Å²) in [7, 11) is 4.64. The van der Waals surface area contributed by atoms with Gasteiger partial charge in [0.15, 0.2) is 11.5 Å². The van der Waals surface area contributed by atoms with Gasteiger partial charge in [-0.1, -0.05) is 17.7 Å². The lowest BCUT2D eigenvalue weighted by Gasteiger charge is -2.14. The molecule has 0 unspecified atom stereocenters. The van der Waals surface area contributed by atoms with E-state index in [4.69, 9.17) is 14.2 Å². The molecule has 0 fully saturated rings. The summed E-state index contributed by atoms with van der Waals surface area (Å²) in [6.07, 6.45) is 0. The van der Waals surface area contributed by atoms with Crippen molar-refractivity contribution in [2.45, 2.75) is 20.8 Å². The first-order valence-corrected chi connectivity index (χ1v) is 9.13. The monoisotopic (exact) mass is 395 g/mol. The number of hydrogen-bond acceptors (Lipinski definition) is 5. The number of aromatic amines is 2. The molecule has 0 aliphatic carbocycles. The van der Waals surface area contributed by atoms with Crippen molar-refractivity contribution in [2.75, 3.05) is 21.3 Å². The van der Waals surface area contributed by atoms with Gasteiger partial charge in [-0.3, -0.25) is 4.98 Å². The second-order valence-electron chi connectivity index (χ2n) is 6.80. The molecule has 0 saturated carbocycles. The van der Waals surface area contributed by atoms with E-state index in [0.717, 1.165) is 16.8 Å². The number of aromatic nitrogens is 2. The molecular weight excluding hydrogens is 370 g/mol. The van der Waals surface area contributed by atoms with Crippen LogP contribution in [0.2, 0.25) is 0 Å². The summed E-state index contributed by atoms with van der Waals surface area (Å²) < 4.78 is 16.2. The third kappa shape index (κ3) is 4.18. The third-order valence-electron chi connectivity index (χ3n) is 4.61. The van der Waals surface area contributed by atoms with Crippen molar-refractivity contribution in [2.24, 2.45) is 4.99 Å². The number of hydrogen-bond donors (Lipinski definition) is 2. The van der Waals surface area contributed by atoms with Crippen LogP contribution in [0.25, 0.3) is 11.3 Å². The number of ether oxygens (including phenoxy) is 3. The predicted octanol–water partition coefficient (Wildman–Crippen LogP) is 3.55. The fourth-order valence-electron chi connectivity index (χ4n) is 3.40. The van der Waals surface area contributed by atoms with Gasteiger partial charge in [-0.15, -0.1) is 0 Å². The summed E-state index contributed by atoms with van der Waals surface area (Å²) >= 11 is 0. The lowest BCUT2D eigenvalue weighted by Crippen LogP contribution is -2.22. The van der Waals surface area contributed by atoms with E-state index >= 15 is 0 Å². The number of H-pyrrole nitrogens is 2. The molecule has 152 valence electrons. The normalized spacial score (nSPS) is 11.4. The second kappa shape index (κ2) is 8.26. The van der Waals surface area contributed by atoms with Gasteiger partial charge in [-0.25, -0.2) is 9.79 Å². The van der Waals surface area contributed by atoms with Crippen LogP contribution in [0.15, 0.2) is 40.1 Å². The molecule has 3 rings (SSSR count). The summed E-state index contributed by atoms with van der Waals surface area (Å²) in [6, 6.07) is 9.47. The number of rotatable bonds is 5. The van der Waals surface area contributed by atoms with E-state index in [1.54, 1.807) is 39.5 Å². The van der Waals surface area contributed by atoms with Gasteiger partial charge in [-0.05, 0) is 44.0 Å². The zero-order valence-electron chi connectivity index (χ0n) is 17.5. The van der Waals surface area contributed by atoms with Crippen LogP contribution < -0.4 is 25.4 Å². The Morgan fingerprint density at radius 2 is 1.38 bits per heavy atom. The van der Waals surface area contributed by atoms with Gasteiger partial charge < -0.3 is 19.2 Å². The average molecular weight is 395 g/mol. The van der Waals surface area contributed by atoms with E-state index < -0.39 is 0 Å². The summed E-state index contributed by atoms with van der Waals surface area (Å²) in [6.45, 7) is 6.06. The highest BCUT2D eigenvalue weighted by Gasteiger charge is 2.15. The van der Waals surface area contributed by atoms with Crippen molar-refractivity contribution < 1.29 is 14.2 Å². The topological polar surface area (TPSA) is 88.7 Å². The van der Waals surface area contributed by atoms with Gasteiger partial charge in [0, 0.05) is 11.6 Å². The molecule has 29 heavy (non-hydrogen) atoms. The van der Waals surface area contributed by atoms with E-state index in [9.17, 15) is 4.79 Å². The van der Waals surface area contributed by atoms with Crippen molar-refractivity contribution in [1.82, 2.24) is 9.97 Å². The van der Waals surface area contributed by atoms with Crippen LogP contribution >= 0.6 is 0 Å². The highest BCUT2D eigenvalue weighted by Crippen LogP contribution is 2.40. The molecule has 2 aromatic carbocycles. The van der Waals surface area contributed by atoms with Gasteiger partial charge in [0.25, 0.3) is 0 Å². The van der Waals surface area contributed by atoms with Crippen LogP contribution in [0.4, 0.5) is 5.69 Å². The molecule has 2 N–H and O–H groups in total. The number of benzene rings is 2. The van der Waals surface area contributed by atoms with E-state index in [1.807, 2.05) is 20.8 Å². The maximum Gasteiger partial charge on any atom is 0.324 e. The van der Waals surface area contributed by atoms with Crippen LogP contribution in [0.1, 0.15) is 16.7 Å². The maximum atomic E-state index is 12.3. The molecule has 0 spiro atoms. The molecule has 0 bridgehead atoms. The van der Waals surface area contributed by atoms with E-state index in [0.29, 0.717) is 34.0 Å². The van der Waals surface area contributed by atoms with Crippen molar-refractivity contribution in [3.63, 3.8) is 0 Å². The Labute approximate surface area is 169 Å². The first-order valence-electron chi connectivity index (χ1n) is 9.13. The summed E-state index contributed by atoms with van der Waals surface area (Å²) in [4.78, 5) is 22.5. The fraction of sp³-hybridized carbons (Fsp3) is 0.273. The number of methoxy groups -OCH3 is 3. The van der Waals surface area contributed by atoms with Crippen LogP contribution in [0, 0.1) is 20.8 Å². The van der Waals surface area contributed by atoms with Gasteiger partial charge in [0.2, 0.25) is 5.75 Å². The molecule has 0 radical (unpaired) electrons. The standard InChI is InChI=1S/C22H25N3O4/c1-12-7-13(2)20(14(3)8-12)24-19-11-16(23-22(26)25-19)15-9-17(27-4)21(29-6)18(10-15)28-5/h7-11H,1-6H3,(H2,23,24,25,26). The van der Waals surface area contributed by atoms with Gasteiger partial charge in [-0.2, -0.15) is 0 Å². The first kappa shape index (κ1) is 20.3. The Morgan fingerprint density at radius 1 is 0.793 bits per heavy atom. The Kier molecular flexibility index (Phi) is 5.77. The average Bonchev–Trinajstić information content (AvgIpc) is 2.69. The Hall–Kier alpha value is -3.48. The minimum Gasteiger partial charge on any atom is -0.493 e. The highest BCUT2D eigenvalue weighted by atomic mass is 16.5. The number of aryl methyl sites for hydroxylation is 3. The van der Waals surface area contributed by atoms with Crippen LogP contribution in [-0.2, 0) is 0 Å². The molecule has 0 saturated heterocycles. The van der Waals surface area contributed by atoms with Crippen LogP contribution in [-0.4, -0.2) is 31.3 Å². The number of nitrogens with one attached hydrogen (secondary N) is 2. The Morgan fingerprint density at radius 3 is 1.90 bits per heavy atom. The largest absolute Gasteiger partial charge is 0.493 e. The Bertz CT molecular complexity index is 1130. The zero-order chi connectivity index (χ0) is 21.1. The smallest absolute Gasteiger partial charge is 0.324 e. The first-order chi connectivity index (χ1) is 13.9. The molecule has 0 aliphatic heterocycles. The molecule has 0 atom stereocenters. The van der Waals surface area contributed by atoms with Gasteiger partial charge in [0.1, 0.15) is 5.49 Å². The molecule has 7 heteroatoms. The summed E-state index contributed by atoms with van der Waals surface area (Å²) in [5, 5.41) is 0. The fourth-order valence-corrected chi connectivity index (χ4v) is 3.40. The van der Waals surface area contributed by atoms with E-state index in [2.05, 4.69) is 27.1 Å². The quantitative estimate of drug-likeness (QED) is 0.691. The van der Waals surface area contributed by atoms with Crippen molar-refractivity contribution >= 4 is 5.69 Å². The van der Waals surface area contributed by atoms with Crippen molar-refractivity contribution in [1.29, 1.82) is 0 Å². The lowest BCUT2D eigenvalue weighted by atomic mass is 10.1. The minimum absolute atomic E-state index is 0.364. The zero-order valence-corrected chi connectivity index (χ0v) is 17.5. The molecule has 1 heterocycles. The van der Waals surface area contributed by atoms with Gasteiger partial charge >= 0.3 is 5.69 Å². The second-order valence-corrected chi connectivity index (χ2v) is 6.80. The maximum absolute atomic E-state index is 12.3. The van der Waals surface area contributed by atoms with Crippen LogP contribution in [0.3, 0.4) is 0 Å². The molecule has 0 aliphatic rings. The molecule has 7 nitrogen and oxygen atoms in total. The summed E-state index contributed by atoms with van der Waals surface area (Å²) in [5.74, 6) is 1.48. The van der Waals surface area contributed by atoms with Crippen LogP contribution in [0.5, 0.6) is 17.2 Å². The SMILES string of the molecule is COc1cc(-c2cc(=Nc3c(C)cc(C)cc3C)[nH]c(=O)[nH]2)cc(OC)c1OC. The number of nitrogens with zero attached hydrogens (tertiary/aromatic N) is 1. The molecule has 0 amide bonds. The van der Waals surface area contributed by atoms with E-state index in [-0.39, 0.29) is 5.69 Å². The highest BCUT2D eigenvalue weighted by molar-refractivity contribution is 5.68. The molecule has 1 aromatic heterocycles. The van der Waals surface area contributed by atoms with Gasteiger partial charge in [0.05, 0.1) is 32.7 Å². The Balaban J connectivity index is 2.20. The van der Waals surface area contributed by atoms with E-state index in [1.165, 1.54) is 5.56 Å². The molecule has 3 aromatic rings. The van der Waals surface area contributed by atoms with Crippen molar-refractivity contribution in [3.05, 3.63) is 63.0 Å².